The van der Waals surface area contributed by atoms with Gasteiger partial charge in [-0.2, -0.15) is 5.21 Å². The fraction of sp³-hybridized carbons (Fsp3) is 0.222. The van der Waals surface area contributed by atoms with Gasteiger partial charge in [0.1, 0.15) is 9.79 Å². The molecule has 0 amide bonds. The third-order valence-electron chi connectivity index (χ3n) is 5.04. The van der Waals surface area contributed by atoms with Crippen LogP contribution in [0, 0.1) is 0 Å². The zero-order valence-corrected chi connectivity index (χ0v) is 19.5. The summed E-state index contributed by atoms with van der Waals surface area (Å²) in [4.78, 5) is 5.92. The second-order valence-electron chi connectivity index (χ2n) is 7.52. The van der Waals surface area contributed by atoms with Gasteiger partial charge in [0.25, 0.3) is 0 Å². The molecule has 0 unspecified atom stereocenters. The topological polar surface area (TPSA) is 242 Å². The number of hydrogen-bond acceptors (Lipinski definition) is 10. The summed E-state index contributed by atoms with van der Waals surface area (Å²) in [5.74, 6) is -0.0286. The van der Waals surface area contributed by atoms with E-state index in [0.717, 1.165) is 6.07 Å². The molecule has 0 spiro atoms. The highest BCUT2D eigenvalue weighted by Crippen LogP contribution is 2.40. The molecule has 0 aliphatic heterocycles. The Labute approximate surface area is 194 Å². The second kappa shape index (κ2) is 8.73. The van der Waals surface area contributed by atoms with Crippen LogP contribution in [0.5, 0.6) is 0 Å². The number of imidazole rings is 1. The molecule has 9 N–H and O–H groups in total. The summed E-state index contributed by atoms with van der Waals surface area (Å²) in [6.07, 6.45) is 0.336. The Kier molecular flexibility index (Phi) is 6.09. The zero-order chi connectivity index (χ0) is 24.7. The van der Waals surface area contributed by atoms with Crippen molar-refractivity contribution in [2.45, 2.75) is 29.2 Å². The van der Waals surface area contributed by atoms with E-state index in [2.05, 4.69) is 35.3 Å². The first kappa shape index (κ1) is 23.7. The van der Waals surface area contributed by atoms with Crippen molar-refractivity contribution in [3.05, 3.63) is 30.3 Å². The first-order chi connectivity index (χ1) is 16.0. The van der Waals surface area contributed by atoms with E-state index in [1.165, 1.54) is 6.07 Å². The minimum absolute atomic E-state index is 0.146. The number of aromatic nitrogens is 6. The number of nitrogens with zero attached hydrogens (tertiary/aromatic N) is 4. The van der Waals surface area contributed by atoms with Crippen LogP contribution >= 0.6 is 0 Å². The summed E-state index contributed by atoms with van der Waals surface area (Å²) < 4.78 is 54.5. The lowest BCUT2D eigenvalue weighted by molar-refractivity contribution is 0.546. The molecule has 0 radical (unpaired) electrons. The SMILES string of the molecule is C[C@H](CCN)NS(=O)(=O)c1ccc(-c2cccc3[nH]c(N)nc23)c(-c2nn[nH]n2)c1S(N)(=O)=O. The van der Waals surface area contributed by atoms with Crippen molar-refractivity contribution < 1.29 is 16.8 Å². The number of nitrogen functional groups attached to an aromatic ring is 1. The number of sulfonamides is 2. The maximum absolute atomic E-state index is 13.2. The lowest BCUT2D eigenvalue weighted by Gasteiger charge is -2.18. The standard InChI is InChI=1S/C18H22N10O4S2/c1-9(7-8-19)26-34(31,32)13-6-5-10(11-3-2-4-12-15(11)23-18(20)22-12)14(16(13)33(21,29)30)17-24-27-28-25-17/h2-6,9,26H,7-8,19H2,1H3,(H3,20,22,23)(H2,21,29,30)(H,24,25,27,28)/t9-/m1/s1. The number of nitrogens with one attached hydrogen (secondary N) is 3. The van der Waals surface area contributed by atoms with Gasteiger partial charge in [0.15, 0.2) is 5.95 Å². The fourth-order valence-corrected chi connectivity index (χ4v) is 6.56. The maximum atomic E-state index is 13.2. The Morgan fingerprint density at radius 1 is 1.12 bits per heavy atom. The summed E-state index contributed by atoms with van der Waals surface area (Å²) in [5, 5.41) is 19.1. The van der Waals surface area contributed by atoms with Crippen LogP contribution < -0.4 is 21.3 Å². The van der Waals surface area contributed by atoms with Gasteiger partial charge in [-0.3, -0.25) is 0 Å². The van der Waals surface area contributed by atoms with Gasteiger partial charge >= 0.3 is 0 Å². The summed E-state index contributed by atoms with van der Waals surface area (Å²) in [6, 6.07) is 7.14. The molecule has 0 saturated carbocycles. The van der Waals surface area contributed by atoms with Gasteiger partial charge in [-0.25, -0.2) is 31.7 Å². The first-order valence-electron chi connectivity index (χ1n) is 9.93. The van der Waals surface area contributed by atoms with Crippen molar-refractivity contribution in [2.24, 2.45) is 10.9 Å². The Morgan fingerprint density at radius 3 is 2.53 bits per heavy atom. The monoisotopic (exact) mass is 506 g/mol. The highest BCUT2D eigenvalue weighted by Gasteiger charge is 2.33. The summed E-state index contributed by atoms with van der Waals surface area (Å²) in [6.45, 7) is 1.84. The van der Waals surface area contributed by atoms with Gasteiger partial charge in [0.05, 0.1) is 16.6 Å². The minimum atomic E-state index is -4.62. The summed E-state index contributed by atoms with van der Waals surface area (Å²) in [7, 11) is -8.96. The molecule has 16 heteroatoms. The molecule has 4 aromatic rings. The largest absolute Gasteiger partial charge is 0.369 e. The molecule has 2 aromatic heterocycles. The molecule has 1 atom stereocenters. The van der Waals surface area contributed by atoms with E-state index < -0.39 is 35.9 Å². The Balaban J connectivity index is 2.08. The van der Waals surface area contributed by atoms with Gasteiger partial charge in [0.2, 0.25) is 25.9 Å². The molecule has 0 saturated heterocycles. The summed E-state index contributed by atoms with van der Waals surface area (Å²) >= 11 is 0. The number of nitrogens with two attached hydrogens (primary N) is 3. The zero-order valence-electron chi connectivity index (χ0n) is 17.8. The van der Waals surface area contributed by atoms with Crippen molar-refractivity contribution in [3.63, 3.8) is 0 Å². The number of fused-ring (bicyclic) bond motifs is 1. The van der Waals surface area contributed by atoms with Crippen molar-refractivity contribution in [1.82, 2.24) is 35.3 Å². The van der Waals surface area contributed by atoms with E-state index in [9.17, 15) is 16.8 Å². The third-order valence-corrected chi connectivity index (χ3v) is 7.80. The molecular formula is C18H22N10O4S2. The van der Waals surface area contributed by atoms with E-state index in [1.807, 2.05) is 0 Å². The number of anilines is 1. The average Bonchev–Trinajstić information content (AvgIpc) is 3.40. The highest BCUT2D eigenvalue weighted by atomic mass is 32.2. The van der Waals surface area contributed by atoms with Crippen LogP contribution in [0.3, 0.4) is 0 Å². The number of benzene rings is 2. The fourth-order valence-electron chi connectivity index (χ4n) is 3.68. The molecule has 0 bridgehead atoms. The number of primary sulfonamides is 1. The van der Waals surface area contributed by atoms with E-state index in [-0.39, 0.29) is 29.4 Å². The number of H-pyrrole nitrogens is 2. The third kappa shape index (κ3) is 4.36. The van der Waals surface area contributed by atoms with Crippen molar-refractivity contribution >= 4 is 37.0 Å². The van der Waals surface area contributed by atoms with Crippen LogP contribution in [0.4, 0.5) is 5.95 Å². The Morgan fingerprint density at radius 2 is 1.88 bits per heavy atom. The molecule has 0 aliphatic carbocycles. The lowest BCUT2D eigenvalue weighted by atomic mass is 9.98. The van der Waals surface area contributed by atoms with Gasteiger partial charge < -0.3 is 16.5 Å². The number of rotatable bonds is 8. The van der Waals surface area contributed by atoms with Crippen molar-refractivity contribution in [2.75, 3.05) is 12.3 Å². The number of aromatic amines is 2. The average molecular weight is 507 g/mol. The van der Waals surface area contributed by atoms with E-state index >= 15 is 0 Å². The van der Waals surface area contributed by atoms with Gasteiger partial charge in [-0.1, -0.05) is 18.2 Å². The smallest absolute Gasteiger partial charge is 0.242 e. The predicted molar refractivity (Wildman–Crippen MR) is 124 cm³/mol. The van der Waals surface area contributed by atoms with E-state index in [0.29, 0.717) is 23.0 Å². The van der Waals surface area contributed by atoms with Gasteiger partial charge in [-0.05, 0) is 42.8 Å². The first-order valence-corrected chi connectivity index (χ1v) is 13.0. The molecule has 14 nitrogen and oxygen atoms in total. The van der Waals surface area contributed by atoms with Crippen LogP contribution in [0.1, 0.15) is 13.3 Å². The second-order valence-corrected chi connectivity index (χ2v) is 10.7. The minimum Gasteiger partial charge on any atom is -0.369 e. The number of para-hydroxylation sites is 1. The quantitative estimate of drug-likeness (QED) is 0.181. The highest BCUT2D eigenvalue weighted by molar-refractivity contribution is 7.92. The molecule has 2 aromatic carbocycles. The van der Waals surface area contributed by atoms with Crippen LogP contribution in [0.2, 0.25) is 0 Å². The van der Waals surface area contributed by atoms with Gasteiger partial charge in [0, 0.05) is 11.6 Å². The van der Waals surface area contributed by atoms with Crippen molar-refractivity contribution in [1.29, 1.82) is 0 Å². The molecule has 0 fully saturated rings. The molecule has 4 rings (SSSR count). The van der Waals surface area contributed by atoms with Gasteiger partial charge in [-0.15, -0.1) is 10.2 Å². The van der Waals surface area contributed by atoms with E-state index in [1.54, 1.807) is 25.1 Å². The maximum Gasteiger partial charge on any atom is 0.242 e. The molecule has 34 heavy (non-hydrogen) atoms. The molecule has 2 heterocycles. The van der Waals surface area contributed by atoms with Crippen molar-refractivity contribution in [3.8, 4) is 22.5 Å². The number of hydrogen-bond donors (Lipinski definition) is 6. The van der Waals surface area contributed by atoms with E-state index in [4.69, 9.17) is 16.6 Å². The predicted octanol–water partition coefficient (Wildman–Crippen LogP) is -0.345. The molecular weight excluding hydrogens is 484 g/mol. The normalized spacial score (nSPS) is 13.4. The summed E-state index contributed by atoms with van der Waals surface area (Å²) in [5.41, 5.74) is 12.9. The Hall–Kier alpha value is -3.44. The molecule has 0 aliphatic rings. The van der Waals surface area contributed by atoms with Crippen LogP contribution in [-0.4, -0.2) is 60.0 Å². The van der Waals surface area contributed by atoms with Crippen LogP contribution in [-0.2, 0) is 20.0 Å². The number of tetrazole rings is 1. The Bertz CT molecular complexity index is 1560. The van der Waals surface area contributed by atoms with Crippen LogP contribution in [0.25, 0.3) is 33.5 Å². The molecule has 180 valence electrons. The van der Waals surface area contributed by atoms with Crippen LogP contribution in [0.15, 0.2) is 40.1 Å². The lowest BCUT2D eigenvalue weighted by Crippen LogP contribution is -2.35.